The normalized spacial score (nSPS) is 28.5. The highest BCUT2D eigenvalue weighted by molar-refractivity contribution is 5.80. The highest BCUT2D eigenvalue weighted by Gasteiger charge is 2.25. The van der Waals surface area contributed by atoms with E-state index in [-0.39, 0.29) is 0 Å². The van der Waals surface area contributed by atoms with Gasteiger partial charge in [-0.2, -0.15) is 0 Å². The van der Waals surface area contributed by atoms with E-state index in [9.17, 15) is 4.79 Å². The van der Waals surface area contributed by atoms with Crippen molar-refractivity contribution in [3.05, 3.63) is 0 Å². The first-order chi connectivity index (χ1) is 8.99. The van der Waals surface area contributed by atoms with Gasteiger partial charge in [-0.15, -0.1) is 0 Å². The Morgan fingerprint density at radius 1 is 0.737 bits per heavy atom. The first kappa shape index (κ1) is 21.0. The van der Waals surface area contributed by atoms with Crippen molar-refractivity contribution in [1.29, 1.82) is 0 Å². The maximum Gasteiger partial charge on any atom is 0.132 e. The molecule has 19 heavy (non-hydrogen) atoms. The summed E-state index contributed by atoms with van der Waals surface area (Å²) in [5.74, 6) is 3.80. The molecular formula is C18H38O. The van der Waals surface area contributed by atoms with Gasteiger partial charge >= 0.3 is 0 Å². The van der Waals surface area contributed by atoms with Crippen molar-refractivity contribution in [2.24, 2.45) is 23.7 Å². The third-order valence-electron chi connectivity index (χ3n) is 3.57. The molecule has 2 aliphatic rings. The highest BCUT2D eigenvalue weighted by Crippen LogP contribution is 2.32. The summed E-state index contributed by atoms with van der Waals surface area (Å²) in [5.41, 5.74) is 0. The second kappa shape index (κ2) is 12.7. The third kappa shape index (κ3) is 12.4. The Hall–Kier alpha value is -0.330. The van der Waals surface area contributed by atoms with Crippen LogP contribution in [0.3, 0.4) is 0 Å². The van der Waals surface area contributed by atoms with Crippen LogP contribution in [-0.2, 0) is 4.79 Å². The van der Waals surface area contributed by atoms with Gasteiger partial charge in [-0.25, -0.2) is 0 Å². The van der Waals surface area contributed by atoms with Gasteiger partial charge in [0.05, 0.1) is 0 Å². The molecule has 0 unspecified atom stereocenters. The molecule has 116 valence electrons. The summed E-state index contributed by atoms with van der Waals surface area (Å²) in [4.78, 5) is 10.2. The Labute approximate surface area is 122 Å². The maximum absolute atomic E-state index is 10.2. The number of hydrogen-bond acceptors (Lipinski definition) is 1. The molecule has 2 fully saturated rings. The number of carbonyl (C=O) groups excluding carboxylic acids is 1. The average molecular weight is 271 g/mol. The summed E-state index contributed by atoms with van der Waals surface area (Å²) in [6.07, 6.45) is 6.68. The van der Waals surface area contributed by atoms with Gasteiger partial charge in [-0.05, 0) is 56.8 Å². The lowest BCUT2D eigenvalue weighted by atomic mass is 9.78. The quantitative estimate of drug-likeness (QED) is 0.561. The van der Waals surface area contributed by atoms with E-state index in [4.69, 9.17) is 0 Å². The Balaban J connectivity index is 0. The van der Waals surface area contributed by atoms with Crippen molar-refractivity contribution in [2.45, 2.75) is 87.5 Å². The molecule has 1 heteroatoms. The molecule has 0 spiro atoms. The average Bonchev–Trinajstić information content (AvgIpc) is 3.17. The molecule has 0 atom stereocenters. The van der Waals surface area contributed by atoms with Crippen molar-refractivity contribution in [3.63, 3.8) is 0 Å². The molecule has 0 amide bonds. The van der Waals surface area contributed by atoms with E-state index in [1.54, 1.807) is 6.92 Å². The van der Waals surface area contributed by atoms with E-state index < -0.39 is 0 Å². The first-order valence-corrected chi connectivity index (χ1v) is 8.49. The van der Waals surface area contributed by atoms with Crippen molar-refractivity contribution in [2.75, 3.05) is 0 Å². The molecule has 0 heterocycles. The van der Waals surface area contributed by atoms with Crippen LogP contribution in [0.5, 0.6) is 0 Å². The predicted molar refractivity (Wildman–Crippen MR) is 87.4 cm³/mol. The van der Waals surface area contributed by atoms with E-state index in [1.165, 1.54) is 19.3 Å². The second-order valence-corrected chi connectivity index (χ2v) is 5.91. The van der Waals surface area contributed by atoms with Gasteiger partial charge in [-0.3, -0.25) is 4.79 Å². The van der Waals surface area contributed by atoms with Gasteiger partial charge in [0.15, 0.2) is 0 Å². The van der Waals surface area contributed by atoms with E-state index >= 15 is 0 Å². The maximum atomic E-state index is 10.2. The van der Waals surface area contributed by atoms with E-state index in [2.05, 4.69) is 20.8 Å². The summed E-state index contributed by atoms with van der Waals surface area (Å²) < 4.78 is 0. The van der Waals surface area contributed by atoms with Crippen molar-refractivity contribution in [3.8, 4) is 0 Å². The minimum absolute atomic E-state index is 0.370. The van der Waals surface area contributed by atoms with Crippen LogP contribution >= 0.6 is 0 Å². The molecule has 1 nitrogen and oxygen atoms in total. The largest absolute Gasteiger partial charge is 0.300 e. The smallest absolute Gasteiger partial charge is 0.132 e. The molecule has 0 bridgehead atoms. The van der Waals surface area contributed by atoms with Crippen LogP contribution in [0.4, 0.5) is 0 Å². The monoisotopic (exact) mass is 270 g/mol. The summed E-state index contributed by atoms with van der Waals surface area (Å²) in [6.45, 7) is 16.8. The van der Waals surface area contributed by atoms with Crippen LogP contribution in [0.25, 0.3) is 0 Å². The van der Waals surface area contributed by atoms with Crippen molar-refractivity contribution < 1.29 is 4.79 Å². The molecule has 0 aliphatic heterocycles. The van der Waals surface area contributed by atoms with Crippen LogP contribution in [0.1, 0.15) is 87.5 Å². The number of Topliss-reactive ketones (excluding diaryl/α,β-unsaturated/α-hetero) is 1. The number of rotatable bonds is 1. The fraction of sp³-hybridized carbons (Fsp3) is 0.944. The molecule has 0 aromatic rings. The zero-order valence-corrected chi connectivity index (χ0v) is 14.8. The Morgan fingerprint density at radius 2 is 1.00 bits per heavy atom. The van der Waals surface area contributed by atoms with Crippen LogP contribution in [-0.4, -0.2) is 5.78 Å². The molecule has 0 N–H and O–H groups in total. The Kier molecular flexibility index (Phi) is 14.0. The van der Waals surface area contributed by atoms with Gasteiger partial charge < -0.3 is 0 Å². The third-order valence-corrected chi connectivity index (χ3v) is 3.57. The summed E-state index contributed by atoms with van der Waals surface area (Å²) in [7, 11) is 0. The number of ketones is 1. The Morgan fingerprint density at radius 3 is 1.11 bits per heavy atom. The lowest BCUT2D eigenvalue weighted by molar-refractivity contribution is -0.118. The number of hydrogen-bond donors (Lipinski definition) is 0. The van der Waals surface area contributed by atoms with E-state index in [1.807, 2.05) is 27.7 Å². The minimum atomic E-state index is 0.370. The van der Waals surface area contributed by atoms with E-state index in [0.29, 0.717) is 11.7 Å². The Bertz CT molecular complexity index is 181. The fourth-order valence-corrected chi connectivity index (χ4v) is 2.84. The van der Waals surface area contributed by atoms with Crippen molar-refractivity contribution >= 4 is 5.78 Å². The lowest BCUT2D eigenvalue weighted by Crippen LogP contribution is -2.16. The molecule has 2 rings (SSSR count). The topological polar surface area (TPSA) is 17.1 Å². The number of carbonyl (C=O) groups is 1. The fourth-order valence-electron chi connectivity index (χ4n) is 2.84. The van der Waals surface area contributed by atoms with E-state index in [0.717, 1.165) is 30.6 Å². The standard InChI is InChI=1S/C9H18.C5H8O.2C2H6/c1-7-4-8(2)6-9(3)5-7;1-4(6)5-2-3-5;2*1-2/h7-9H,4-6H2,1-3H3;5H,2-3H2,1H3;2*1-2H3. The SMILES string of the molecule is CC.CC.CC(=O)C1CC1.CC1CC(C)CC(C)C1. The van der Waals surface area contributed by atoms with Gasteiger partial charge in [-0.1, -0.05) is 48.5 Å². The second-order valence-electron chi connectivity index (χ2n) is 5.91. The van der Waals surface area contributed by atoms with Gasteiger partial charge in [0, 0.05) is 5.92 Å². The minimum Gasteiger partial charge on any atom is -0.300 e. The summed E-state index contributed by atoms with van der Waals surface area (Å²) in [6, 6.07) is 0. The van der Waals surface area contributed by atoms with Gasteiger partial charge in [0.25, 0.3) is 0 Å². The molecular weight excluding hydrogens is 232 g/mol. The van der Waals surface area contributed by atoms with Crippen LogP contribution in [0.2, 0.25) is 0 Å². The van der Waals surface area contributed by atoms with Gasteiger partial charge in [0.2, 0.25) is 0 Å². The summed E-state index contributed by atoms with van der Waals surface area (Å²) >= 11 is 0. The first-order valence-electron chi connectivity index (χ1n) is 8.49. The molecule has 0 radical (unpaired) electrons. The van der Waals surface area contributed by atoms with Gasteiger partial charge in [0.1, 0.15) is 5.78 Å². The molecule has 2 saturated carbocycles. The van der Waals surface area contributed by atoms with Crippen molar-refractivity contribution in [1.82, 2.24) is 0 Å². The van der Waals surface area contributed by atoms with Crippen LogP contribution < -0.4 is 0 Å². The lowest BCUT2D eigenvalue weighted by Gasteiger charge is -2.28. The highest BCUT2D eigenvalue weighted by atomic mass is 16.1. The zero-order valence-electron chi connectivity index (χ0n) is 14.8. The van der Waals surface area contributed by atoms with Crippen LogP contribution in [0, 0.1) is 23.7 Å². The molecule has 2 aliphatic carbocycles. The van der Waals surface area contributed by atoms with Crippen LogP contribution in [0.15, 0.2) is 0 Å². The zero-order chi connectivity index (χ0) is 15.4. The predicted octanol–water partition coefficient (Wildman–Crippen LogP) is 6.12. The summed E-state index contributed by atoms with van der Waals surface area (Å²) in [5, 5.41) is 0. The molecule has 0 saturated heterocycles. The molecule has 0 aromatic heterocycles. The molecule has 0 aromatic carbocycles.